The molecular formula is C25H33F2N3O2. The van der Waals surface area contributed by atoms with Crippen LogP contribution in [0, 0.1) is 0 Å². The molecule has 0 aliphatic heterocycles. The second kappa shape index (κ2) is 12.4. The van der Waals surface area contributed by atoms with Gasteiger partial charge in [-0.05, 0) is 55.6 Å². The highest BCUT2D eigenvalue weighted by Gasteiger charge is 2.18. The molecule has 0 heterocycles. The number of halogens is 2. The molecule has 1 saturated carbocycles. The molecule has 0 aromatic heterocycles. The van der Waals surface area contributed by atoms with Crippen molar-refractivity contribution in [2.45, 2.75) is 57.7 Å². The van der Waals surface area contributed by atoms with E-state index in [1.165, 1.54) is 49.8 Å². The maximum atomic E-state index is 12.3. The first kappa shape index (κ1) is 24.0. The summed E-state index contributed by atoms with van der Waals surface area (Å²) in [7, 11) is 2.19. The van der Waals surface area contributed by atoms with E-state index in [1.54, 1.807) is 12.1 Å². The van der Waals surface area contributed by atoms with Gasteiger partial charge in [-0.15, -0.1) is 0 Å². The SMILES string of the molecule is CN(Cc1ccccc1NCC(=O)NCCc1ccc(OC(F)F)cc1)C1CCCCC1. The molecule has 0 saturated heterocycles. The Labute approximate surface area is 189 Å². The molecule has 2 aromatic rings. The maximum Gasteiger partial charge on any atom is 0.387 e. The number of carbonyl (C=O) groups excluding carboxylic acids is 1. The van der Waals surface area contributed by atoms with Crippen molar-refractivity contribution < 1.29 is 18.3 Å². The minimum Gasteiger partial charge on any atom is -0.435 e. The van der Waals surface area contributed by atoms with Crippen LogP contribution in [0.5, 0.6) is 5.75 Å². The van der Waals surface area contributed by atoms with E-state index >= 15 is 0 Å². The van der Waals surface area contributed by atoms with Crippen molar-refractivity contribution in [3.63, 3.8) is 0 Å². The van der Waals surface area contributed by atoms with Gasteiger partial charge < -0.3 is 15.4 Å². The number of benzene rings is 2. The quantitative estimate of drug-likeness (QED) is 0.521. The molecular weight excluding hydrogens is 412 g/mol. The van der Waals surface area contributed by atoms with Gasteiger partial charge in [0.1, 0.15) is 5.75 Å². The molecule has 32 heavy (non-hydrogen) atoms. The van der Waals surface area contributed by atoms with Gasteiger partial charge in [-0.1, -0.05) is 49.6 Å². The molecule has 174 valence electrons. The summed E-state index contributed by atoms with van der Waals surface area (Å²) in [5.74, 6) is 0.0443. The van der Waals surface area contributed by atoms with Crippen LogP contribution >= 0.6 is 0 Å². The molecule has 0 bridgehead atoms. The molecule has 2 N–H and O–H groups in total. The maximum absolute atomic E-state index is 12.3. The number of nitrogens with zero attached hydrogens (tertiary/aromatic N) is 1. The van der Waals surface area contributed by atoms with E-state index in [2.05, 4.69) is 33.4 Å². The Morgan fingerprint density at radius 2 is 1.81 bits per heavy atom. The molecule has 7 heteroatoms. The van der Waals surface area contributed by atoms with Crippen LogP contribution in [0.15, 0.2) is 48.5 Å². The highest BCUT2D eigenvalue weighted by Crippen LogP contribution is 2.24. The standard InChI is InChI=1S/C25H33F2N3O2/c1-30(21-8-3-2-4-9-21)18-20-7-5-6-10-23(20)29-17-24(31)28-16-15-19-11-13-22(14-12-19)32-25(26)27/h5-7,10-14,21,25,29H,2-4,8-9,15-18H2,1H3,(H,28,31). The number of amides is 1. The molecule has 0 radical (unpaired) electrons. The summed E-state index contributed by atoms with van der Waals surface area (Å²) in [5.41, 5.74) is 3.12. The van der Waals surface area contributed by atoms with Crippen LogP contribution < -0.4 is 15.4 Å². The summed E-state index contributed by atoms with van der Waals surface area (Å²) in [6, 6.07) is 15.2. The van der Waals surface area contributed by atoms with Crippen LogP contribution in [-0.2, 0) is 17.8 Å². The smallest absolute Gasteiger partial charge is 0.387 e. The van der Waals surface area contributed by atoms with Crippen molar-refractivity contribution in [3.8, 4) is 5.75 Å². The average Bonchev–Trinajstić information content (AvgIpc) is 2.80. The lowest BCUT2D eigenvalue weighted by molar-refractivity contribution is -0.119. The van der Waals surface area contributed by atoms with Gasteiger partial charge in [0.2, 0.25) is 5.91 Å². The molecule has 1 fully saturated rings. The zero-order valence-electron chi connectivity index (χ0n) is 18.7. The van der Waals surface area contributed by atoms with Gasteiger partial charge in [0.15, 0.2) is 0 Å². The van der Waals surface area contributed by atoms with Crippen molar-refractivity contribution in [3.05, 3.63) is 59.7 Å². The van der Waals surface area contributed by atoms with Crippen LogP contribution in [0.25, 0.3) is 0 Å². The number of hydrogen-bond donors (Lipinski definition) is 2. The molecule has 1 amide bonds. The van der Waals surface area contributed by atoms with E-state index in [0.29, 0.717) is 19.0 Å². The lowest BCUT2D eigenvalue weighted by Crippen LogP contribution is -2.33. The van der Waals surface area contributed by atoms with Crippen molar-refractivity contribution in [1.29, 1.82) is 0 Å². The number of hydrogen-bond acceptors (Lipinski definition) is 4. The van der Waals surface area contributed by atoms with Crippen LogP contribution in [0.2, 0.25) is 0 Å². The van der Waals surface area contributed by atoms with Crippen LogP contribution in [0.4, 0.5) is 14.5 Å². The van der Waals surface area contributed by atoms with Crippen molar-refractivity contribution >= 4 is 11.6 Å². The molecule has 0 spiro atoms. The highest BCUT2D eigenvalue weighted by molar-refractivity contribution is 5.80. The number of carbonyl (C=O) groups is 1. The minimum atomic E-state index is -2.83. The molecule has 0 unspecified atom stereocenters. The monoisotopic (exact) mass is 445 g/mol. The normalized spacial score (nSPS) is 14.5. The third-order valence-corrected chi connectivity index (χ3v) is 5.96. The second-order valence-electron chi connectivity index (χ2n) is 8.34. The molecule has 3 rings (SSSR count). The lowest BCUT2D eigenvalue weighted by Gasteiger charge is -2.31. The summed E-state index contributed by atoms with van der Waals surface area (Å²) in [6.45, 7) is -1.29. The molecule has 1 aliphatic rings. The topological polar surface area (TPSA) is 53.6 Å². The van der Waals surface area contributed by atoms with Gasteiger partial charge in [0, 0.05) is 24.8 Å². The number of nitrogens with one attached hydrogen (secondary N) is 2. The van der Waals surface area contributed by atoms with E-state index in [4.69, 9.17) is 0 Å². The molecule has 2 aromatic carbocycles. The van der Waals surface area contributed by atoms with E-state index in [1.807, 2.05) is 18.2 Å². The molecule has 1 aliphatic carbocycles. The Bertz CT molecular complexity index is 839. The first-order chi connectivity index (χ1) is 15.5. The summed E-state index contributed by atoms with van der Waals surface area (Å²) in [5, 5.41) is 6.17. The zero-order valence-corrected chi connectivity index (χ0v) is 18.7. The predicted octanol–water partition coefficient (Wildman–Crippen LogP) is 4.82. The Hall–Kier alpha value is -2.67. The third kappa shape index (κ3) is 7.79. The second-order valence-corrected chi connectivity index (χ2v) is 8.34. The Morgan fingerprint density at radius 3 is 2.53 bits per heavy atom. The van der Waals surface area contributed by atoms with Crippen molar-refractivity contribution in [2.75, 3.05) is 25.5 Å². The predicted molar refractivity (Wildman–Crippen MR) is 123 cm³/mol. The summed E-state index contributed by atoms with van der Waals surface area (Å²) in [6.07, 6.45) is 7.10. The Morgan fingerprint density at radius 1 is 1.09 bits per heavy atom. The number of alkyl halides is 2. The first-order valence-corrected chi connectivity index (χ1v) is 11.3. The fourth-order valence-electron chi connectivity index (χ4n) is 4.17. The third-order valence-electron chi connectivity index (χ3n) is 5.96. The van der Waals surface area contributed by atoms with E-state index in [0.717, 1.165) is 17.8 Å². The summed E-state index contributed by atoms with van der Waals surface area (Å²) in [4.78, 5) is 14.7. The van der Waals surface area contributed by atoms with Crippen molar-refractivity contribution in [2.24, 2.45) is 0 Å². The van der Waals surface area contributed by atoms with Crippen LogP contribution in [0.1, 0.15) is 43.2 Å². The number of anilines is 1. The largest absolute Gasteiger partial charge is 0.435 e. The van der Waals surface area contributed by atoms with Gasteiger partial charge in [-0.25, -0.2) is 0 Å². The van der Waals surface area contributed by atoms with E-state index < -0.39 is 6.61 Å². The van der Waals surface area contributed by atoms with Gasteiger partial charge in [-0.2, -0.15) is 8.78 Å². The van der Waals surface area contributed by atoms with Crippen LogP contribution in [-0.4, -0.2) is 43.6 Å². The van der Waals surface area contributed by atoms with E-state index in [-0.39, 0.29) is 18.2 Å². The average molecular weight is 446 g/mol. The lowest BCUT2D eigenvalue weighted by atomic mass is 9.94. The Balaban J connectivity index is 1.41. The first-order valence-electron chi connectivity index (χ1n) is 11.3. The zero-order chi connectivity index (χ0) is 22.8. The van der Waals surface area contributed by atoms with Gasteiger partial charge in [0.05, 0.1) is 6.54 Å². The van der Waals surface area contributed by atoms with E-state index in [9.17, 15) is 13.6 Å². The van der Waals surface area contributed by atoms with Crippen LogP contribution in [0.3, 0.4) is 0 Å². The fraction of sp³-hybridized carbons (Fsp3) is 0.480. The number of para-hydroxylation sites is 1. The summed E-state index contributed by atoms with van der Waals surface area (Å²) >= 11 is 0. The van der Waals surface area contributed by atoms with Gasteiger partial charge >= 0.3 is 6.61 Å². The molecule has 5 nitrogen and oxygen atoms in total. The van der Waals surface area contributed by atoms with Gasteiger partial charge in [-0.3, -0.25) is 9.69 Å². The molecule has 0 atom stereocenters. The fourth-order valence-corrected chi connectivity index (χ4v) is 4.17. The summed E-state index contributed by atoms with van der Waals surface area (Å²) < 4.78 is 28.7. The number of ether oxygens (including phenoxy) is 1. The van der Waals surface area contributed by atoms with Gasteiger partial charge in [0.25, 0.3) is 0 Å². The highest BCUT2D eigenvalue weighted by atomic mass is 19.3. The number of rotatable bonds is 11. The van der Waals surface area contributed by atoms with Crippen molar-refractivity contribution in [1.82, 2.24) is 10.2 Å². The Kier molecular flexibility index (Phi) is 9.28. The minimum absolute atomic E-state index is 0.0851.